The number of hydrogen-bond acceptors (Lipinski definition) is 6. The van der Waals surface area contributed by atoms with Crippen LogP contribution < -0.4 is 9.47 Å². The molecule has 0 unspecified atom stereocenters. The van der Waals surface area contributed by atoms with Crippen molar-refractivity contribution in [2.45, 2.75) is 0 Å². The number of benzene rings is 2. The molecule has 3 rings (SSSR count). The maximum atomic E-state index is 11.2. The van der Waals surface area contributed by atoms with Crippen molar-refractivity contribution < 1.29 is 18.8 Å². The lowest BCUT2D eigenvalue weighted by atomic mass is 10.1. The lowest BCUT2D eigenvalue weighted by Gasteiger charge is -2.08. The summed E-state index contributed by atoms with van der Waals surface area (Å²) in [7, 11) is 3.05. The molecular formula is C21H16N2O5. The maximum Gasteiger partial charge on any atom is 0.280 e. The van der Waals surface area contributed by atoms with Gasteiger partial charge in [0.25, 0.3) is 5.69 Å². The van der Waals surface area contributed by atoms with E-state index in [1.165, 1.54) is 20.3 Å². The lowest BCUT2D eigenvalue weighted by molar-refractivity contribution is -0.384. The van der Waals surface area contributed by atoms with Gasteiger partial charge in [-0.3, -0.25) is 10.1 Å². The zero-order valence-electron chi connectivity index (χ0n) is 15.2. The highest BCUT2D eigenvalue weighted by atomic mass is 16.6. The minimum absolute atomic E-state index is 0.0484. The molecule has 0 fully saturated rings. The molecule has 0 saturated carbocycles. The summed E-state index contributed by atoms with van der Waals surface area (Å²) in [6, 6.07) is 16.9. The van der Waals surface area contributed by atoms with Gasteiger partial charge in [-0.1, -0.05) is 12.1 Å². The Labute approximate surface area is 161 Å². The molecule has 28 heavy (non-hydrogen) atoms. The quantitative estimate of drug-likeness (QED) is 0.343. The number of hydrogen-bond donors (Lipinski definition) is 0. The van der Waals surface area contributed by atoms with Crippen LogP contribution in [0, 0.1) is 21.4 Å². The number of nitro groups is 1. The van der Waals surface area contributed by atoms with Crippen molar-refractivity contribution in [1.29, 1.82) is 5.26 Å². The smallest absolute Gasteiger partial charge is 0.280 e. The van der Waals surface area contributed by atoms with Crippen molar-refractivity contribution in [1.82, 2.24) is 0 Å². The van der Waals surface area contributed by atoms with Gasteiger partial charge in [-0.05, 0) is 48.0 Å². The van der Waals surface area contributed by atoms with Gasteiger partial charge in [0.05, 0.1) is 36.3 Å². The second-order valence-corrected chi connectivity index (χ2v) is 5.72. The van der Waals surface area contributed by atoms with E-state index in [9.17, 15) is 15.4 Å². The molecule has 1 aromatic heterocycles. The molecule has 0 aliphatic carbocycles. The van der Waals surface area contributed by atoms with E-state index in [2.05, 4.69) is 6.07 Å². The van der Waals surface area contributed by atoms with E-state index in [0.29, 0.717) is 39.7 Å². The highest BCUT2D eigenvalue weighted by molar-refractivity contribution is 5.89. The number of furan rings is 1. The summed E-state index contributed by atoms with van der Waals surface area (Å²) >= 11 is 0. The largest absolute Gasteiger partial charge is 0.493 e. The number of nitriles is 1. The predicted molar refractivity (Wildman–Crippen MR) is 104 cm³/mol. The van der Waals surface area contributed by atoms with E-state index in [0.717, 1.165) is 0 Å². The lowest BCUT2D eigenvalue weighted by Crippen LogP contribution is -1.92. The van der Waals surface area contributed by atoms with Gasteiger partial charge in [-0.2, -0.15) is 5.26 Å². The van der Waals surface area contributed by atoms with Crippen LogP contribution in [0.5, 0.6) is 11.5 Å². The zero-order chi connectivity index (χ0) is 20.1. The summed E-state index contributed by atoms with van der Waals surface area (Å²) < 4.78 is 16.2. The standard InChI is InChI=1S/C21H16N2O5/c1-26-20-9-7-14(12-21(20)27-2)15(13-22)11-16-8-10-19(28-16)17-5-3-4-6-18(17)23(24)25/h3-12H,1-2H3/b15-11+. The van der Waals surface area contributed by atoms with Crippen LogP contribution in [-0.2, 0) is 0 Å². The van der Waals surface area contributed by atoms with Gasteiger partial charge in [0, 0.05) is 6.07 Å². The van der Waals surface area contributed by atoms with Crippen LogP contribution in [0.1, 0.15) is 11.3 Å². The van der Waals surface area contributed by atoms with Crippen molar-refractivity contribution in [3.63, 3.8) is 0 Å². The van der Waals surface area contributed by atoms with Crippen molar-refractivity contribution in [2.24, 2.45) is 0 Å². The molecule has 0 bridgehead atoms. The van der Waals surface area contributed by atoms with Gasteiger partial charge in [-0.25, -0.2) is 0 Å². The van der Waals surface area contributed by atoms with Crippen LogP contribution >= 0.6 is 0 Å². The molecular weight excluding hydrogens is 360 g/mol. The molecule has 7 nitrogen and oxygen atoms in total. The average Bonchev–Trinajstić information content (AvgIpc) is 3.20. The molecule has 7 heteroatoms. The number of nitro benzene ring substituents is 1. The van der Waals surface area contributed by atoms with Crippen molar-refractivity contribution in [2.75, 3.05) is 14.2 Å². The van der Waals surface area contributed by atoms with Crippen molar-refractivity contribution in [3.05, 3.63) is 76.0 Å². The third-order valence-electron chi connectivity index (χ3n) is 4.09. The van der Waals surface area contributed by atoms with Gasteiger partial charge < -0.3 is 13.9 Å². The van der Waals surface area contributed by atoms with E-state index >= 15 is 0 Å². The molecule has 1 heterocycles. The number of para-hydroxylation sites is 1. The van der Waals surface area contributed by atoms with Gasteiger partial charge in [0.1, 0.15) is 11.5 Å². The van der Waals surface area contributed by atoms with Gasteiger partial charge in [0.15, 0.2) is 11.5 Å². The number of allylic oxidation sites excluding steroid dienone is 1. The maximum absolute atomic E-state index is 11.2. The summed E-state index contributed by atoms with van der Waals surface area (Å²) in [6.45, 7) is 0. The van der Waals surface area contributed by atoms with E-state index in [-0.39, 0.29) is 5.69 Å². The molecule has 3 aromatic rings. The summed E-state index contributed by atoms with van der Waals surface area (Å²) in [4.78, 5) is 10.7. The van der Waals surface area contributed by atoms with Gasteiger partial charge in [-0.15, -0.1) is 0 Å². The normalized spacial score (nSPS) is 11.0. The molecule has 0 saturated heterocycles. The fourth-order valence-corrected chi connectivity index (χ4v) is 2.74. The molecule has 0 atom stereocenters. The molecule has 0 aliphatic heterocycles. The molecule has 0 aliphatic rings. The van der Waals surface area contributed by atoms with Crippen molar-refractivity contribution >= 4 is 17.3 Å². The molecule has 2 aromatic carbocycles. The summed E-state index contributed by atoms with van der Waals surface area (Å²) in [5.41, 5.74) is 1.30. The van der Waals surface area contributed by atoms with Crippen LogP contribution in [-0.4, -0.2) is 19.1 Å². The Kier molecular flexibility index (Phi) is 5.42. The predicted octanol–water partition coefficient (Wildman–Crippen LogP) is 4.94. The highest BCUT2D eigenvalue weighted by Gasteiger charge is 2.17. The first-order chi connectivity index (χ1) is 13.6. The second kappa shape index (κ2) is 8.10. The van der Waals surface area contributed by atoms with Gasteiger partial charge >= 0.3 is 0 Å². The Morgan fingerprint density at radius 2 is 1.86 bits per heavy atom. The Morgan fingerprint density at radius 1 is 1.11 bits per heavy atom. The first-order valence-electron chi connectivity index (χ1n) is 8.25. The van der Waals surface area contributed by atoms with Crippen LogP contribution in [0.4, 0.5) is 5.69 Å². The molecule has 0 amide bonds. The third-order valence-corrected chi connectivity index (χ3v) is 4.09. The second-order valence-electron chi connectivity index (χ2n) is 5.72. The number of ether oxygens (including phenoxy) is 2. The molecule has 140 valence electrons. The van der Waals surface area contributed by atoms with Crippen molar-refractivity contribution in [3.8, 4) is 28.9 Å². The fraction of sp³-hybridized carbons (Fsp3) is 0.0952. The monoisotopic (exact) mass is 376 g/mol. The topological polar surface area (TPSA) is 98.5 Å². The SMILES string of the molecule is COc1ccc(/C(C#N)=C/c2ccc(-c3ccccc3[N+](=O)[O-])o2)cc1OC. The Bertz CT molecular complexity index is 1090. The molecule has 0 N–H and O–H groups in total. The third kappa shape index (κ3) is 3.71. The van der Waals surface area contributed by atoms with E-state index < -0.39 is 4.92 Å². The number of nitrogens with zero attached hydrogens (tertiary/aromatic N) is 2. The first-order valence-corrected chi connectivity index (χ1v) is 8.25. The van der Waals surface area contributed by atoms with E-state index in [4.69, 9.17) is 13.9 Å². The minimum Gasteiger partial charge on any atom is -0.493 e. The Hall–Kier alpha value is -4.05. The average molecular weight is 376 g/mol. The molecule has 0 spiro atoms. The van der Waals surface area contributed by atoms with Crippen LogP contribution in [0.2, 0.25) is 0 Å². The number of rotatable bonds is 6. The molecule has 0 radical (unpaired) electrons. The Morgan fingerprint density at radius 3 is 2.54 bits per heavy atom. The van der Waals surface area contributed by atoms with Crippen LogP contribution in [0.3, 0.4) is 0 Å². The highest BCUT2D eigenvalue weighted by Crippen LogP contribution is 2.33. The van der Waals surface area contributed by atoms with Gasteiger partial charge in [0.2, 0.25) is 0 Å². The fourth-order valence-electron chi connectivity index (χ4n) is 2.74. The van der Waals surface area contributed by atoms with E-state index in [1.54, 1.807) is 54.6 Å². The summed E-state index contributed by atoms with van der Waals surface area (Å²) in [5, 5.41) is 20.8. The Balaban J connectivity index is 1.98. The minimum atomic E-state index is -0.461. The first kappa shape index (κ1) is 18.7. The summed E-state index contributed by atoms with van der Waals surface area (Å²) in [6.07, 6.45) is 1.57. The zero-order valence-corrected chi connectivity index (χ0v) is 15.2. The number of methoxy groups -OCH3 is 2. The van der Waals surface area contributed by atoms with Crippen LogP contribution in [0.25, 0.3) is 23.0 Å². The van der Waals surface area contributed by atoms with E-state index in [1.807, 2.05) is 0 Å². The summed E-state index contributed by atoms with van der Waals surface area (Å²) in [5.74, 6) is 1.81. The van der Waals surface area contributed by atoms with Crippen LogP contribution in [0.15, 0.2) is 59.0 Å².